The highest BCUT2D eigenvalue weighted by atomic mass is 79.9. The largest absolute Gasteiger partial charge is 0.506 e. The van der Waals surface area contributed by atoms with E-state index in [2.05, 4.69) is 283 Å². The summed E-state index contributed by atoms with van der Waals surface area (Å²) in [5.41, 5.74) is 23.1. The number of aromatic hydroxyl groups is 2. The lowest BCUT2D eigenvalue weighted by atomic mass is 9.76. The average molecular weight is 1960 g/mol. The smallest absolute Gasteiger partial charge is 0.494 e. The molecule has 0 aliphatic carbocycles. The van der Waals surface area contributed by atoms with Gasteiger partial charge in [-0.05, 0) is 249 Å². The van der Waals surface area contributed by atoms with Crippen LogP contribution in [0.15, 0.2) is 363 Å². The van der Waals surface area contributed by atoms with Crippen molar-refractivity contribution in [1.29, 1.82) is 0 Å². The number of rotatable bonds is 33. The van der Waals surface area contributed by atoms with Crippen LogP contribution in [0.1, 0.15) is 67.2 Å². The molecule has 4 aromatic heterocycles. The molecule has 0 atom stereocenters. The topological polar surface area (TPSA) is 141 Å². The number of unbranched alkanes of at least 4 members (excludes halogenated alkanes) is 2. The van der Waals surface area contributed by atoms with E-state index in [1.807, 2.05) is 153 Å². The van der Waals surface area contributed by atoms with Crippen LogP contribution in [0.4, 0.5) is 0 Å². The molecule has 1 aliphatic heterocycles. The van der Waals surface area contributed by atoms with E-state index in [1.54, 1.807) is 22.7 Å². The zero-order chi connectivity index (χ0) is 92.5. The fraction of sp³-hybridized carbons (Fsp3) is 0.167. The second kappa shape index (κ2) is 46.3. The van der Waals surface area contributed by atoms with Gasteiger partial charge in [0.15, 0.2) is 18.3 Å². The molecule has 17 aromatic rings. The zero-order valence-electron chi connectivity index (χ0n) is 75.0. The van der Waals surface area contributed by atoms with Crippen molar-refractivity contribution in [3.8, 4) is 178 Å². The maximum atomic E-state index is 11.8. The van der Waals surface area contributed by atoms with Crippen LogP contribution in [0, 0.1) is 0 Å². The van der Waals surface area contributed by atoms with E-state index >= 15 is 0 Å². The summed E-state index contributed by atoms with van der Waals surface area (Å²) in [6.45, 7) is 17.9. The summed E-state index contributed by atoms with van der Waals surface area (Å²) in [5.74, 6) is 5.26. The predicted molar refractivity (Wildman–Crippen MR) is 559 cm³/mol. The Morgan fingerprint density at radius 2 is 0.556 bits per heavy atom. The molecule has 0 radical (unpaired) electrons. The third kappa shape index (κ3) is 23.6. The van der Waals surface area contributed by atoms with E-state index in [-0.39, 0.29) is 36.6 Å². The van der Waals surface area contributed by atoms with Crippen LogP contribution in [0.2, 0.25) is 0 Å². The van der Waals surface area contributed by atoms with Gasteiger partial charge in [0.2, 0.25) is 0 Å². The fourth-order valence-electron chi connectivity index (χ4n) is 15.6. The van der Waals surface area contributed by atoms with Crippen molar-refractivity contribution in [2.24, 2.45) is 0 Å². The minimum Gasteiger partial charge on any atom is -0.506 e. The van der Waals surface area contributed by atoms with Gasteiger partial charge in [0.1, 0.15) is 48.9 Å². The Kier molecular flexibility index (Phi) is 33.2. The highest BCUT2D eigenvalue weighted by Gasteiger charge is 2.52. The molecule has 133 heavy (non-hydrogen) atoms. The maximum Gasteiger partial charge on any atom is 0.494 e. The van der Waals surface area contributed by atoms with Gasteiger partial charge >= 0.3 is 7.12 Å². The lowest BCUT2D eigenvalue weighted by molar-refractivity contribution is -0.0980. The summed E-state index contributed by atoms with van der Waals surface area (Å²) >= 11 is 13.5. The summed E-state index contributed by atoms with van der Waals surface area (Å²) in [6, 6.07) is 114. The lowest BCUT2D eigenvalue weighted by Crippen LogP contribution is -2.41. The van der Waals surface area contributed by atoms with Crippen molar-refractivity contribution in [2.75, 3.05) is 46.4 Å². The SMILES string of the molecule is C=O.CC1(C)OB(c2cc(-c3ccccc3)cc(-c3ccccc3)c2)OC1(C)C.CCOCOc1c(-c2ccccc2OCCCCOc2ccccc2-c2csc(Br)c2OCC)csc1Br.Oc1c(-c2ccccc2OCCCCOc2ccccc2-c2csc(-c3cc(-c4ccccc4)cc(-c4ccccc4)c3)c2O)csc1-c1cc(-c2ccccc2)cc(-c2ccccc2)c1. The molecule has 1 fully saturated rings. The summed E-state index contributed by atoms with van der Waals surface area (Å²) in [7, 11) is -0.374. The Balaban J connectivity index is 0.000000169. The van der Waals surface area contributed by atoms with Gasteiger partial charge in [-0.25, -0.2) is 0 Å². The molecule has 0 bridgehead atoms. The number of para-hydroxylation sites is 4. The first-order valence-corrected chi connectivity index (χ1v) is 49.5. The standard InChI is InChI=1S/C60H46O4S2.C29H30Br2O5S2.C24H25BO2.CH2O/c61-57-53(39-65-59(57)49-35-45(41-19-5-1-6-20-41)33-46(36-49)42-21-7-2-8-22-42)51-27-13-15-29-55(51)63-31-17-18-32-64-56-30-16-14-28-52(56)54-40-66-60(58(54)62)50-37-47(43-23-9-3-10-24-43)34-48(38-50)44-25-11-4-12-26-44;1-3-32-19-36-27-23(18-38-29(27)31)21-12-6-8-14-25(21)35-16-10-9-15-34-24-13-7-5-11-20(24)22-17-37-28(30)26(22)33-4-2;1-23(2)24(3,4)27-25(26-23)22-16-20(18-11-7-5-8-12-18)15-21(17-22)19-13-9-6-10-14-19;1-2/h1-16,19-30,33-40,61-62H,17-18,31-32H2;5-8,11-14,17-18H,3-4,9-10,15-16,19H2,1-2H3;5-17H,1-4H3;1H2. The highest BCUT2D eigenvalue weighted by molar-refractivity contribution is 9.11. The number of carbonyl (C=O) groups is 1. The molecule has 5 heterocycles. The molecule has 1 aliphatic rings. The van der Waals surface area contributed by atoms with E-state index in [0.717, 1.165) is 183 Å². The average Bonchev–Trinajstić information content (AvgIpc) is 1.62. The number of thiophene rings is 4. The zero-order valence-corrected chi connectivity index (χ0v) is 81.4. The van der Waals surface area contributed by atoms with Crippen molar-refractivity contribution >= 4 is 96.6 Å². The lowest BCUT2D eigenvalue weighted by Gasteiger charge is -2.32. The van der Waals surface area contributed by atoms with Crippen LogP contribution >= 0.6 is 77.2 Å². The number of hydrogen-bond acceptors (Lipinski definition) is 16. The molecule has 0 saturated carbocycles. The Bertz CT molecular complexity index is 6220. The van der Waals surface area contributed by atoms with Crippen molar-refractivity contribution in [3.05, 3.63) is 363 Å². The quantitative estimate of drug-likeness (QED) is 0.0230. The predicted octanol–water partition coefficient (Wildman–Crippen LogP) is 31.6. The monoisotopic (exact) mass is 1960 g/mol. The molecule has 0 unspecified atom stereocenters. The Morgan fingerprint density at radius 3 is 0.850 bits per heavy atom. The maximum absolute atomic E-state index is 11.8. The van der Waals surface area contributed by atoms with Gasteiger partial charge in [0.25, 0.3) is 0 Å². The van der Waals surface area contributed by atoms with Gasteiger partial charge in [-0.15, -0.1) is 45.3 Å². The van der Waals surface area contributed by atoms with Crippen molar-refractivity contribution < 1.29 is 57.5 Å². The van der Waals surface area contributed by atoms with Gasteiger partial charge in [0, 0.05) is 72.6 Å². The summed E-state index contributed by atoms with van der Waals surface area (Å²) < 4.78 is 56.9. The fourth-order valence-corrected chi connectivity index (χ4v) is 20.2. The second-order valence-electron chi connectivity index (χ2n) is 32.4. The molecule has 12 nitrogen and oxygen atoms in total. The van der Waals surface area contributed by atoms with E-state index < -0.39 is 0 Å². The van der Waals surface area contributed by atoms with Gasteiger partial charge in [-0.1, -0.05) is 267 Å². The van der Waals surface area contributed by atoms with Crippen LogP contribution < -0.4 is 33.9 Å². The molecule has 13 aromatic carbocycles. The van der Waals surface area contributed by atoms with Crippen LogP contribution in [0.3, 0.4) is 0 Å². The summed E-state index contributed by atoms with van der Waals surface area (Å²) in [5, 5.41) is 31.9. The number of hydrogen-bond donors (Lipinski definition) is 2. The molecule has 1 saturated heterocycles. The molecule has 0 spiro atoms. The minimum atomic E-state index is -0.374. The number of carbonyl (C=O) groups excluding carboxylic acids is 1. The van der Waals surface area contributed by atoms with Crippen LogP contribution in [0.5, 0.6) is 46.0 Å². The molecule has 19 heteroatoms. The number of ether oxygens (including phenoxy) is 7. The Morgan fingerprint density at radius 1 is 0.301 bits per heavy atom. The van der Waals surface area contributed by atoms with Gasteiger partial charge in [-0.2, -0.15) is 0 Å². The third-order valence-corrected chi connectivity index (χ3v) is 28.4. The van der Waals surface area contributed by atoms with E-state index in [0.29, 0.717) is 39.6 Å². The van der Waals surface area contributed by atoms with Gasteiger partial charge in [0.05, 0.1) is 54.0 Å². The van der Waals surface area contributed by atoms with Crippen molar-refractivity contribution in [2.45, 2.75) is 78.4 Å². The van der Waals surface area contributed by atoms with E-state index in [1.165, 1.54) is 44.9 Å². The summed E-state index contributed by atoms with van der Waals surface area (Å²) in [4.78, 5) is 9.63. The third-order valence-electron chi connectivity index (χ3n) is 23.0. The molecular weight excluding hydrogens is 1860 g/mol. The van der Waals surface area contributed by atoms with Crippen LogP contribution in [-0.4, -0.2) is 81.8 Å². The number of halogens is 2. The molecular formula is C114H103BBr2O12S4. The molecule has 0 amide bonds. The van der Waals surface area contributed by atoms with Gasteiger partial charge < -0.3 is 57.5 Å². The first kappa shape index (κ1) is 95.3. The first-order valence-electron chi connectivity index (χ1n) is 44.4. The Labute approximate surface area is 813 Å². The van der Waals surface area contributed by atoms with E-state index in [9.17, 15) is 10.2 Å². The van der Waals surface area contributed by atoms with Gasteiger partial charge in [-0.3, -0.25) is 0 Å². The van der Waals surface area contributed by atoms with E-state index in [4.69, 9.17) is 47.3 Å². The second-order valence-corrected chi connectivity index (χ2v) is 38.5. The van der Waals surface area contributed by atoms with Crippen molar-refractivity contribution in [1.82, 2.24) is 0 Å². The Hall–Kier alpha value is -12.4. The molecule has 2 N–H and O–H groups in total. The first-order chi connectivity index (χ1) is 65.1. The molecule has 18 rings (SSSR count). The van der Waals surface area contributed by atoms with Crippen molar-refractivity contribution in [3.63, 3.8) is 0 Å². The minimum absolute atomic E-state index is 0.210. The van der Waals surface area contributed by atoms with Crippen LogP contribution in [0.25, 0.3) is 132 Å². The highest BCUT2D eigenvalue weighted by Crippen LogP contribution is 2.52. The number of benzene rings is 13. The molecule has 672 valence electrons. The normalized spacial score (nSPS) is 12.3. The van der Waals surface area contributed by atoms with Crippen LogP contribution in [-0.2, 0) is 18.8 Å². The summed E-state index contributed by atoms with van der Waals surface area (Å²) in [6.07, 6.45) is 3.27.